The maximum Gasteiger partial charge on any atom is 0.0746 e. The second kappa shape index (κ2) is 5.04. The second-order valence-corrected chi connectivity index (χ2v) is 5.32. The maximum absolute atomic E-state index is 9.40. The number of likely N-dealkylation sites (N-methyl/N-ethyl adjacent to an activating group) is 1. The van der Waals surface area contributed by atoms with Gasteiger partial charge >= 0.3 is 0 Å². The van der Waals surface area contributed by atoms with Crippen LogP contribution in [0.1, 0.15) is 19.4 Å². The smallest absolute Gasteiger partial charge is 0.0746 e. The fourth-order valence-electron chi connectivity index (χ4n) is 1.89. The van der Waals surface area contributed by atoms with Crippen LogP contribution in [0, 0.1) is 0 Å². The number of hydrogen-bond acceptors (Lipinski definition) is 3. The van der Waals surface area contributed by atoms with Gasteiger partial charge in [0.25, 0.3) is 0 Å². The van der Waals surface area contributed by atoms with Gasteiger partial charge in [0.05, 0.1) is 12.1 Å². The number of aliphatic hydroxyl groups is 1. The molecule has 0 amide bonds. The van der Waals surface area contributed by atoms with Gasteiger partial charge in [-0.1, -0.05) is 24.3 Å². The van der Waals surface area contributed by atoms with E-state index in [1.807, 2.05) is 33.2 Å². The lowest BCUT2D eigenvalue weighted by Crippen LogP contribution is -2.43. The first-order valence-corrected chi connectivity index (χ1v) is 6.19. The number of aromatic nitrogens is 1. The normalized spacial score (nSPS) is 12.3. The minimum atomic E-state index is -0.225. The van der Waals surface area contributed by atoms with Gasteiger partial charge in [0.1, 0.15) is 0 Å². The number of nitrogens with zero attached hydrogens (tertiary/aromatic N) is 2. The molecule has 0 saturated carbocycles. The van der Waals surface area contributed by atoms with Crippen molar-refractivity contribution in [2.24, 2.45) is 0 Å². The molecule has 0 radical (unpaired) electrons. The number of fused-ring (bicyclic) bond motifs is 1. The lowest BCUT2D eigenvalue weighted by molar-refractivity contribution is 0.0736. The van der Waals surface area contributed by atoms with Crippen LogP contribution >= 0.6 is 0 Å². The van der Waals surface area contributed by atoms with Gasteiger partial charge in [0.15, 0.2) is 0 Å². The van der Waals surface area contributed by atoms with E-state index in [2.05, 4.69) is 34.1 Å². The SMILES string of the molecule is CN(Cc1cccc2cccnc12)C(C)(C)CO. The molecule has 3 nitrogen and oxygen atoms in total. The van der Waals surface area contributed by atoms with Crippen molar-refractivity contribution in [1.82, 2.24) is 9.88 Å². The Hall–Kier alpha value is -1.45. The fraction of sp³-hybridized carbons (Fsp3) is 0.400. The number of rotatable bonds is 4. The first kappa shape index (κ1) is 13.0. The van der Waals surface area contributed by atoms with Crippen LogP contribution in [0.25, 0.3) is 10.9 Å². The molecule has 0 aliphatic heterocycles. The molecule has 0 aliphatic carbocycles. The molecule has 96 valence electrons. The van der Waals surface area contributed by atoms with Gasteiger partial charge in [-0.25, -0.2) is 0 Å². The zero-order valence-corrected chi connectivity index (χ0v) is 11.2. The minimum Gasteiger partial charge on any atom is -0.394 e. The summed E-state index contributed by atoms with van der Waals surface area (Å²) in [6.07, 6.45) is 1.82. The summed E-state index contributed by atoms with van der Waals surface area (Å²) in [6, 6.07) is 10.2. The van der Waals surface area contributed by atoms with Gasteiger partial charge in [-0.05, 0) is 32.5 Å². The Morgan fingerprint density at radius 1 is 1.22 bits per heavy atom. The van der Waals surface area contributed by atoms with Gasteiger partial charge < -0.3 is 5.11 Å². The van der Waals surface area contributed by atoms with Crippen LogP contribution in [0.5, 0.6) is 0 Å². The van der Waals surface area contributed by atoms with E-state index in [0.29, 0.717) is 0 Å². The third kappa shape index (κ3) is 2.52. The summed E-state index contributed by atoms with van der Waals surface area (Å²) in [5.74, 6) is 0. The molecule has 1 aromatic carbocycles. The summed E-state index contributed by atoms with van der Waals surface area (Å²) in [7, 11) is 2.03. The molecule has 0 saturated heterocycles. The van der Waals surface area contributed by atoms with Crippen molar-refractivity contribution in [2.45, 2.75) is 25.9 Å². The van der Waals surface area contributed by atoms with Gasteiger partial charge in [-0.3, -0.25) is 9.88 Å². The molecule has 1 heterocycles. The summed E-state index contributed by atoms with van der Waals surface area (Å²) < 4.78 is 0. The predicted octanol–water partition coefficient (Wildman–Crippen LogP) is 2.44. The van der Waals surface area contributed by atoms with E-state index in [4.69, 9.17) is 0 Å². The van der Waals surface area contributed by atoms with Crippen molar-refractivity contribution in [2.75, 3.05) is 13.7 Å². The molecule has 0 atom stereocenters. The molecule has 2 aromatic rings. The lowest BCUT2D eigenvalue weighted by atomic mass is 10.0. The highest BCUT2D eigenvalue weighted by Crippen LogP contribution is 2.20. The Morgan fingerprint density at radius 3 is 2.67 bits per heavy atom. The van der Waals surface area contributed by atoms with Gasteiger partial charge in [0, 0.05) is 23.7 Å². The Kier molecular flexibility index (Phi) is 3.64. The number of pyridine rings is 1. The molecule has 0 spiro atoms. The standard InChI is InChI=1S/C15H20N2O/c1-15(2,11-18)17(3)10-13-7-4-6-12-8-5-9-16-14(12)13/h4-9,18H,10-11H2,1-3H3. The summed E-state index contributed by atoms with van der Waals surface area (Å²) in [4.78, 5) is 6.60. The van der Waals surface area contributed by atoms with Crippen molar-refractivity contribution in [3.05, 3.63) is 42.1 Å². The number of benzene rings is 1. The molecule has 2 rings (SSSR count). The Bertz CT molecular complexity index is 532. The molecule has 0 aliphatic rings. The van der Waals surface area contributed by atoms with Crippen molar-refractivity contribution >= 4 is 10.9 Å². The van der Waals surface area contributed by atoms with Crippen LogP contribution in [0.15, 0.2) is 36.5 Å². The first-order chi connectivity index (χ1) is 8.54. The van der Waals surface area contributed by atoms with Crippen LogP contribution < -0.4 is 0 Å². The topological polar surface area (TPSA) is 36.4 Å². The Morgan fingerprint density at radius 2 is 1.94 bits per heavy atom. The largest absolute Gasteiger partial charge is 0.394 e. The summed E-state index contributed by atoms with van der Waals surface area (Å²) >= 11 is 0. The molecule has 0 fully saturated rings. The van der Waals surface area contributed by atoms with Gasteiger partial charge in [-0.2, -0.15) is 0 Å². The van der Waals surface area contributed by atoms with Crippen LogP contribution in [0.3, 0.4) is 0 Å². The Balaban J connectivity index is 2.32. The second-order valence-electron chi connectivity index (χ2n) is 5.32. The molecule has 0 unspecified atom stereocenters. The zero-order chi connectivity index (χ0) is 13.2. The molecule has 1 aromatic heterocycles. The van der Waals surface area contributed by atoms with E-state index in [0.717, 1.165) is 17.4 Å². The molecule has 18 heavy (non-hydrogen) atoms. The average Bonchev–Trinajstić information content (AvgIpc) is 2.39. The summed E-state index contributed by atoms with van der Waals surface area (Å²) in [5, 5.41) is 10.6. The van der Waals surface area contributed by atoms with Crippen molar-refractivity contribution in [1.29, 1.82) is 0 Å². The van der Waals surface area contributed by atoms with E-state index in [9.17, 15) is 5.11 Å². The molecule has 1 N–H and O–H groups in total. The highest BCUT2D eigenvalue weighted by molar-refractivity contribution is 5.81. The van der Waals surface area contributed by atoms with Crippen molar-refractivity contribution < 1.29 is 5.11 Å². The molecule has 3 heteroatoms. The molecular formula is C15H20N2O. The number of aliphatic hydroxyl groups excluding tert-OH is 1. The van der Waals surface area contributed by atoms with Crippen LogP contribution in [0.2, 0.25) is 0 Å². The third-order valence-corrected chi connectivity index (χ3v) is 3.54. The maximum atomic E-state index is 9.40. The minimum absolute atomic E-state index is 0.141. The molecular weight excluding hydrogens is 224 g/mol. The van der Waals surface area contributed by atoms with Gasteiger partial charge in [0.2, 0.25) is 0 Å². The van der Waals surface area contributed by atoms with E-state index < -0.39 is 0 Å². The van der Waals surface area contributed by atoms with E-state index in [1.54, 1.807) is 0 Å². The quantitative estimate of drug-likeness (QED) is 0.897. The Labute approximate surface area is 108 Å². The van der Waals surface area contributed by atoms with Crippen LogP contribution in [-0.4, -0.2) is 34.2 Å². The van der Waals surface area contributed by atoms with E-state index >= 15 is 0 Å². The summed E-state index contributed by atoms with van der Waals surface area (Å²) in [5.41, 5.74) is 2.01. The lowest BCUT2D eigenvalue weighted by Gasteiger charge is -2.34. The summed E-state index contributed by atoms with van der Waals surface area (Å²) in [6.45, 7) is 4.99. The number of para-hydroxylation sites is 1. The average molecular weight is 244 g/mol. The third-order valence-electron chi connectivity index (χ3n) is 3.54. The van der Waals surface area contributed by atoms with Gasteiger partial charge in [-0.15, -0.1) is 0 Å². The monoisotopic (exact) mass is 244 g/mol. The predicted molar refractivity (Wildman–Crippen MR) is 74.4 cm³/mol. The van der Waals surface area contributed by atoms with Crippen LogP contribution in [-0.2, 0) is 6.54 Å². The fourth-order valence-corrected chi connectivity index (χ4v) is 1.89. The van der Waals surface area contributed by atoms with E-state index in [-0.39, 0.29) is 12.1 Å². The van der Waals surface area contributed by atoms with Crippen molar-refractivity contribution in [3.63, 3.8) is 0 Å². The van der Waals surface area contributed by atoms with Crippen molar-refractivity contribution in [3.8, 4) is 0 Å². The zero-order valence-electron chi connectivity index (χ0n) is 11.2. The number of hydrogen-bond donors (Lipinski definition) is 1. The van der Waals surface area contributed by atoms with Crippen LogP contribution in [0.4, 0.5) is 0 Å². The first-order valence-electron chi connectivity index (χ1n) is 6.19. The highest BCUT2D eigenvalue weighted by atomic mass is 16.3. The highest BCUT2D eigenvalue weighted by Gasteiger charge is 2.22. The molecule has 0 bridgehead atoms. The van der Waals surface area contributed by atoms with E-state index in [1.165, 1.54) is 5.56 Å².